The van der Waals surface area contributed by atoms with Crippen molar-refractivity contribution in [1.29, 1.82) is 0 Å². The Kier molecular flexibility index (Phi) is 3.97. The van der Waals surface area contributed by atoms with E-state index in [1.165, 1.54) is 0 Å². The van der Waals surface area contributed by atoms with Gasteiger partial charge >= 0.3 is 6.03 Å². The first-order valence-corrected chi connectivity index (χ1v) is 7.31. The van der Waals surface area contributed by atoms with E-state index in [2.05, 4.69) is 30.9 Å². The quantitative estimate of drug-likeness (QED) is 0.855. The maximum Gasteiger partial charge on any atom is 0.348 e. The van der Waals surface area contributed by atoms with Gasteiger partial charge in [0.2, 0.25) is 0 Å². The van der Waals surface area contributed by atoms with Gasteiger partial charge in [0, 0.05) is 23.7 Å². The van der Waals surface area contributed by atoms with Crippen molar-refractivity contribution in [3.63, 3.8) is 0 Å². The first-order chi connectivity index (χ1) is 10.6. The number of nitrogens with two attached hydrogens (primary N) is 1. The van der Waals surface area contributed by atoms with E-state index in [4.69, 9.17) is 5.73 Å². The Morgan fingerprint density at radius 1 is 1.32 bits per heavy atom. The van der Waals surface area contributed by atoms with Crippen LogP contribution in [0.3, 0.4) is 0 Å². The summed E-state index contributed by atoms with van der Waals surface area (Å²) in [5.41, 5.74) is 8.64. The largest absolute Gasteiger partial charge is 0.398 e. The van der Waals surface area contributed by atoms with E-state index < -0.39 is 0 Å². The third-order valence-electron chi connectivity index (χ3n) is 3.13. The van der Waals surface area contributed by atoms with Gasteiger partial charge in [-0.15, -0.1) is 0 Å². The number of carbonyl (C=O) groups is 1. The van der Waals surface area contributed by atoms with Gasteiger partial charge in [-0.3, -0.25) is 9.88 Å². The number of aromatic nitrogens is 2. The zero-order valence-electron chi connectivity index (χ0n) is 11.5. The van der Waals surface area contributed by atoms with Crippen molar-refractivity contribution < 1.29 is 4.79 Å². The van der Waals surface area contributed by atoms with E-state index in [0.717, 1.165) is 10.2 Å². The lowest BCUT2D eigenvalue weighted by Crippen LogP contribution is -2.25. The first-order valence-electron chi connectivity index (χ1n) is 6.51. The van der Waals surface area contributed by atoms with Crippen LogP contribution >= 0.6 is 15.9 Å². The lowest BCUT2D eigenvalue weighted by molar-refractivity contribution is 0.256. The van der Waals surface area contributed by atoms with Gasteiger partial charge < -0.3 is 5.73 Å². The fraction of sp³-hybridized carbons (Fsp3) is 0.0667. The van der Waals surface area contributed by atoms with Crippen LogP contribution in [0.4, 0.5) is 10.5 Å². The van der Waals surface area contributed by atoms with Crippen LogP contribution in [0, 0.1) is 0 Å². The summed E-state index contributed by atoms with van der Waals surface area (Å²) < 4.78 is 0.736. The Balaban J connectivity index is 1.79. The minimum absolute atomic E-state index is 0.319. The van der Waals surface area contributed by atoms with Gasteiger partial charge in [-0.1, -0.05) is 0 Å². The predicted molar refractivity (Wildman–Crippen MR) is 88.5 cm³/mol. The van der Waals surface area contributed by atoms with Crippen LogP contribution in [0.2, 0.25) is 0 Å². The monoisotopic (exact) mass is 357 g/mol. The number of pyridine rings is 2. The molecule has 0 saturated heterocycles. The number of hydrogen-bond donors (Lipinski definition) is 1. The number of anilines is 1. The van der Waals surface area contributed by atoms with Gasteiger partial charge in [0.05, 0.1) is 24.1 Å². The molecule has 0 aromatic carbocycles. The molecule has 2 aromatic heterocycles. The summed E-state index contributed by atoms with van der Waals surface area (Å²) in [6.45, 7) is 0.370. The molecular formula is C15H12BrN5O. The molecule has 7 heteroatoms. The van der Waals surface area contributed by atoms with Crippen LogP contribution in [0.15, 0.2) is 58.5 Å². The van der Waals surface area contributed by atoms with Gasteiger partial charge in [-0.25, -0.2) is 9.78 Å². The smallest absolute Gasteiger partial charge is 0.348 e. The summed E-state index contributed by atoms with van der Waals surface area (Å²) in [7, 11) is 0. The molecule has 1 aliphatic rings. The molecule has 3 rings (SSSR count). The summed E-state index contributed by atoms with van der Waals surface area (Å²) in [5, 5.41) is 0. The molecule has 0 aliphatic carbocycles. The van der Waals surface area contributed by atoms with E-state index in [1.54, 1.807) is 41.7 Å². The molecule has 0 fully saturated rings. The molecule has 0 unspecified atom stereocenters. The topological polar surface area (TPSA) is 84.5 Å². The fourth-order valence-corrected chi connectivity index (χ4v) is 2.29. The SMILES string of the molecule is NC(=CC1=NC(=O)N(c2cccnc2)C1)c1ccc(Br)nc1. The van der Waals surface area contributed by atoms with E-state index in [-0.39, 0.29) is 6.03 Å². The van der Waals surface area contributed by atoms with Crippen LogP contribution in [0.25, 0.3) is 5.70 Å². The zero-order chi connectivity index (χ0) is 15.5. The maximum absolute atomic E-state index is 12.0. The van der Waals surface area contributed by atoms with Crippen molar-refractivity contribution in [2.45, 2.75) is 0 Å². The highest BCUT2D eigenvalue weighted by atomic mass is 79.9. The number of urea groups is 1. The molecular weight excluding hydrogens is 346 g/mol. The minimum Gasteiger partial charge on any atom is -0.398 e. The van der Waals surface area contributed by atoms with Gasteiger partial charge in [-0.2, -0.15) is 4.99 Å². The summed E-state index contributed by atoms with van der Waals surface area (Å²) in [6.07, 6.45) is 6.64. The Labute approximate surface area is 135 Å². The summed E-state index contributed by atoms with van der Waals surface area (Å²) in [5.74, 6) is 0. The highest BCUT2D eigenvalue weighted by Gasteiger charge is 2.23. The lowest BCUT2D eigenvalue weighted by Gasteiger charge is -2.13. The number of halogens is 1. The maximum atomic E-state index is 12.0. The van der Waals surface area contributed by atoms with Crippen LogP contribution in [-0.4, -0.2) is 28.3 Å². The molecule has 1 aliphatic heterocycles. The van der Waals surface area contributed by atoms with Gasteiger partial charge in [0.15, 0.2) is 0 Å². The molecule has 0 spiro atoms. The number of hydrogen-bond acceptors (Lipinski definition) is 4. The normalized spacial score (nSPS) is 15.1. The van der Waals surface area contributed by atoms with E-state index in [0.29, 0.717) is 23.6 Å². The fourth-order valence-electron chi connectivity index (χ4n) is 2.05. The molecule has 6 nitrogen and oxygen atoms in total. The van der Waals surface area contributed by atoms with Gasteiger partial charge in [0.1, 0.15) is 4.60 Å². The highest BCUT2D eigenvalue weighted by molar-refractivity contribution is 9.10. The minimum atomic E-state index is -0.319. The summed E-state index contributed by atoms with van der Waals surface area (Å²) in [4.78, 5) is 25.7. The molecule has 0 bridgehead atoms. The second-order valence-corrected chi connectivity index (χ2v) is 5.46. The first kappa shape index (κ1) is 14.4. The van der Waals surface area contributed by atoms with Crippen molar-refractivity contribution in [1.82, 2.24) is 9.97 Å². The highest BCUT2D eigenvalue weighted by Crippen LogP contribution is 2.19. The molecule has 2 aromatic rings. The Morgan fingerprint density at radius 3 is 2.86 bits per heavy atom. The van der Waals surface area contributed by atoms with Crippen molar-refractivity contribution in [3.8, 4) is 0 Å². The van der Waals surface area contributed by atoms with Crippen molar-refractivity contribution in [2.24, 2.45) is 10.7 Å². The molecule has 3 heterocycles. The van der Waals surface area contributed by atoms with Gasteiger partial charge in [0.25, 0.3) is 0 Å². The predicted octanol–water partition coefficient (Wildman–Crippen LogP) is 2.62. The van der Waals surface area contributed by atoms with Crippen LogP contribution in [0.1, 0.15) is 5.56 Å². The second-order valence-electron chi connectivity index (χ2n) is 4.65. The second kappa shape index (κ2) is 6.07. The Morgan fingerprint density at radius 2 is 2.18 bits per heavy atom. The number of amides is 2. The molecule has 110 valence electrons. The third-order valence-corrected chi connectivity index (χ3v) is 3.60. The summed E-state index contributed by atoms with van der Waals surface area (Å²) in [6, 6.07) is 6.92. The average molecular weight is 358 g/mol. The zero-order valence-corrected chi connectivity index (χ0v) is 13.1. The number of rotatable bonds is 3. The van der Waals surface area contributed by atoms with Crippen molar-refractivity contribution >= 4 is 39.1 Å². The Hall–Kier alpha value is -2.54. The standard InChI is InChI=1S/C15H12BrN5O/c16-14-4-3-10(7-19-14)13(17)6-11-9-21(15(22)20-11)12-2-1-5-18-8-12/h1-8H,9,17H2. The number of carbonyl (C=O) groups excluding carboxylic acids is 1. The van der Waals surface area contributed by atoms with Crippen LogP contribution in [0.5, 0.6) is 0 Å². The molecule has 2 N–H and O–H groups in total. The lowest BCUT2D eigenvalue weighted by atomic mass is 10.2. The van der Waals surface area contributed by atoms with E-state index >= 15 is 0 Å². The molecule has 0 radical (unpaired) electrons. The summed E-state index contributed by atoms with van der Waals surface area (Å²) >= 11 is 3.27. The van der Waals surface area contributed by atoms with Crippen molar-refractivity contribution in [2.75, 3.05) is 11.4 Å². The number of nitrogens with zero attached hydrogens (tertiary/aromatic N) is 4. The van der Waals surface area contributed by atoms with Crippen LogP contribution in [-0.2, 0) is 0 Å². The van der Waals surface area contributed by atoms with Crippen molar-refractivity contribution in [3.05, 3.63) is 59.1 Å². The Bertz CT molecular complexity index is 755. The molecule has 2 amide bonds. The molecule has 22 heavy (non-hydrogen) atoms. The van der Waals surface area contributed by atoms with Crippen LogP contribution < -0.4 is 10.6 Å². The molecule has 0 atom stereocenters. The average Bonchev–Trinajstić information content (AvgIpc) is 2.89. The van der Waals surface area contributed by atoms with E-state index in [1.807, 2.05) is 12.1 Å². The van der Waals surface area contributed by atoms with E-state index in [9.17, 15) is 4.79 Å². The van der Waals surface area contributed by atoms with Gasteiger partial charge in [-0.05, 0) is 46.3 Å². The number of aliphatic imine (C=N–C) groups is 1. The molecule has 0 saturated carbocycles. The third kappa shape index (κ3) is 3.04.